The van der Waals surface area contributed by atoms with E-state index in [2.05, 4.69) is 20.3 Å². The van der Waals surface area contributed by atoms with Crippen molar-refractivity contribution in [3.8, 4) is 5.88 Å². The molecule has 24 heavy (non-hydrogen) atoms. The van der Waals surface area contributed by atoms with Crippen LogP contribution in [0.5, 0.6) is 5.88 Å². The maximum absolute atomic E-state index is 11.4. The molecule has 1 amide bonds. The maximum atomic E-state index is 11.4. The van der Waals surface area contributed by atoms with Crippen molar-refractivity contribution in [2.75, 3.05) is 12.4 Å². The highest BCUT2D eigenvalue weighted by Gasteiger charge is 2.13. The summed E-state index contributed by atoms with van der Waals surface area (Å²) in [6.07, 6.45) is 1.81. The number of benzene rings is 1. The van der Waals surface area contributed by atoms with Crippen molar-refractivity contribution in [1.29, 1.82) is 0 Å². The number of nitrogens with two attached hydrogens (primary N) is 1. The minimum atomic E-state index is -3.83. The van der Waals surface area contributed by atoms with E-state index in [1.807, 2.05) is 0 Å². The first-order chi connectivity index (χ1) is 11.4. The van der Waals surface area contributed by atoms with E-state index in [1.165, 1.54) is 25.3 Å². The summed E-state index contributed by atoms with van der Waals surface area (Å²) in [5.41, 5.74) is 0.609. The average molecular weight is 347 g/mol. The zero-order valence-electron chi connectivity index (χ0n) is 12.6. The molecule has 1 aromatic heterocycles. The number of fused-ring (bicyclic) bond motifs is 1. The molecule has 3 rings (SSSR count). The van der Waals surface area contributed by atoms with Crippen LogP contribution in [0, 0.1) is 0 Å². The Hall–Kier alpha value is -2.85. The van der Waals surface area contributed by atoms with Crippen molar-refractivity contribution in [2.24, 2.45) is 10.1 Å². The summed E-state index contributed by atoms with van der Waals surface area (Å²) in [5, 5.41) is 8.50. The fraction of sp³-hybridized carbons (Fsp3) is 0.143. The molecule has 3 N–H and O–H groups in total. The average Bonchev–Trinajstić information content (AvgIpc) is 2.53. The fourth-order valence-electron chi connectivity index (χ4n) is 2.15. The van der Waals surface area contributed by atoms with Crippen LogP contribution in [-0.4, -0.2) is 31.4 Å². The summed E-state index contributed by atoms with van der Waals surface area (Å²) in [6.45, 7) is 0. The second-order valence-corrected chi connectivity index (χ2v) is 6.47. The van der Waals surface area contributed by atoms with Crippen molar-refractivity contribution in [2.45, 2.75) is 11.3 Å². The van der Waals surface area contributed by atoms with Gasteiger partial charge in [0.25, 0.3) is 5.91 Å². The number of rotatable bonds is 4. The highest BCUT2D eigenvalue weighted by Crippen LogP contribution is 2.17. The van der Waals surface area contributed by atoms with Crippen molar-refractivity contribution in [3.05, 3.63) is 35.0 Å². The lowest BCUT2D eigenvalue weighted by Crippen LogP contribution is -2.35. The molecule has 0 atom stereocenters. The zero-order chi connectivity index (χ0) is 17.3. The first kappa shape index (κ1) is 16.0. The maximum Gasteiger partial charge on any atom is 0.251 e. The Bertz CT molecular complexity index is 1050. The third-order valence-electron chi connectivity index (χ3n) is 3.21. The lowest BCUT2D eigenvalue weighted by molar-refractivity contribution is -0.117. The molecule has 124 valence electrons. The van der Waals surface area contributed by atoms with Gasteiger partial charge in [0.15, 0.2) is 5.49 Å². The van der Waals surface area contributed by atoms with Crippen LogP contribution in [0.1, 0.15) is 6.42 Å². The third kappa shape index (κ3) is 3.24. The number of nitrogens with one attached hydrogen (secondary N) is 1. The predicted octanol–water partition coefficient (Wildman–Crippen LogP) is -0.793. The number of ether oxygens (including phenoxy) is 1. The Balaban J connectivity index is 2.05. The summed E-state index contributed by atoms with van der Waals surface area (Å²) in [4.78, 5) is 23.6. The van der Waals surface area contributed by atoms with Crippen molar-refractivity contribution >= 4 is 33.6 Å². The monoisotopic (exact) mass is 347 g/mol. The zero-order valence-corrected chi connectivity index (χ0v) is 13.4. The van der Waals surface area contributed by atoms with E-state index in [0.29, 0.717) is 10.9 Å². The molecule has 0 radical (unpaired) electrons. The van der Waals surface area contributed by atoms with Gasteiger partial charge in [0.05, 0.1) is 17.2 Å². The quantitative estimate of drug-likeness (QED) is 0.739. The van der Waals surface area contributed by atoms with Gasteiger partial charge in [-0.25, -0.2) is 13.6 Å². The smallest absolute Gasteiger partial charge is 0.251 e. The number of hydrogen-bond acceptors (Lipinski definition) is 7. The van der Waals surface area contributed by atoms with Gasteiger partial charge in [-0.3, -0.25) is 4.79 Å². The number of sulfonamides is 1. The Morgan fingerprint density at radius 3 is 2.79 bits per heavy atom. The van der Waals surface area contributed by atoms with Crippen molar-refractivity contribution in [1.82, 2.24) is 9.97 Å². The van der Waals surface area contributed by atoms with Gasteiger partial charge in [0.1, 0.15) is 0 Å². The highest BCUT2D eigenvalue weighted by molar-refractivity contribution is 7.89. The molecule has 10 heteroatoms. The largest absolute Gasteiger partial charge is 0.480 e. The molecule has 0 saturated carbocycles. The summed E-state index contributed by atoms with van der Waals surface area (Å²) in [7, 11) is -2.38. The molecule has 1 aliphatic rings. The van der Waals surface area contributed by atoms with E-state index in [1.54, 1.807) is 12.1 Å². The molecule has 1 aliphatic heterocycles. The highest BCUT2D eigenvalue weighted by atomic mass is 32.2. The van der Waals surface area contributed by atoms with Crippen LogP contribution in [0.2, 0.25) is 0 Å². The SMILES string of the molecule is COc1nc(Nc2cccc(S(N)(=O)=O)c2)nc2c1=CCC(=O)N=2. The van der Waals surface area contributed by atoms with Crippen LogP contribution in [0.4, 0.5) is 11.6 Å². The lowest BCUT2D eigenvalue weighted by Gasteiger charge is -2.09. The molecule has 1 aromatic carbocycles. The van der Waals surface area contributed by atoms with Crippen LogP contribution in [-0.2, 0) is 14.8 Å². The fourth-order valence-corrected chi connectivity index (χ4v) is 2.71. The molecule has 0 fully saturated rings. The topological polar surface area (TPSA) is 137 Å². The van der Waals surface area contributed by atoms with Gasteiger partial charge in [0, 0.05) is 12.1 Å². The first-order valence-corrected chi connectivity index (χ1v) is 8.35. The Labute approximate surface area is 137 Å². The third-order valence-corrected chi connectivity index (χ3v) is 4.13. The molecular formula is C14H13N5O4S. The number of anilines is 2. The van der Waals surface area contributed by atoms with E-state index in [4.69, 9.17) is 9.88 Å². The molecule has 0 saturated heterocycles. The molecule has 0 aliphatic carbocycles. The number of aromatic nitrogens is 2. The first-order valence-electron chi connectivity index (χ1n) is 6.80. The molecule has 0 spiro atoms. The van der Waals surface area contributed by atoms with Gasteiger partial charge in [-0.1, -0.05) is 12.1 Å². The second kappa shape index (κ2) is 5.98. The molecule has 2 aromatic rings. The summed E-state index contributed by atoms with van der Waals surface area (Å²) >= 11 is 0. The number of amides is 1. The molecule has 0 bridgehead atoms. The molecule has 0 unspecified atom stereocenters. The molecular weight excluding hydrogens is 334 g/mol. The minimum absolute atomic E-state index is 0.0503. The standard InChI is InChI=1S/C14H13N5O4S/c1-23-13-10-5-6-11(20)17-12(10)18-14(19-13)16-8-3-2-4-9(7-8)24(15,21)22/h2-5,7H,6H2,1H3,(H2,15,21,22)(H,16,17,18,20). The number of methoxy groups -OCH3 is 1. The van der Waals surface area contributed by atoms with Gasteiger partial charge >= 0.3 is 0 Å². The van der Waals surface area contributed by atoms with Crippen LogP contribution in [0.15, 0.2) is 34.2 Å². The van der Waals surface area contributed by atoms with Gasteiger partial charge in [0.2, 0.25) is 21.9 Å². The van der Waals surface area contributed by atoms with Crippen LogP contribution >= 0.6 is 0 Å². The number of hydrogen-bond donors (Lipinski definition) is 2. The summed E-state index contributed by atoms with van der Waals surface area (Å²) < 4.78 is 28.0. The summed E-state index contributed by atoms with van der Waals surface area (Å²) in [6, 6.07) is 5.87. The Kier molecular flexibility index (Phi) is 3.99. The van der Waals surface area contributed by atoms with Gasteiger partial charge < -0.3 is 10.1 Å². The van der Waals surface area contributed by atoms with E-state index in [9.17, 15) is 13.2 Å². The van der Waals surface area contributed by atoms with Crippen molar-refractivity contribution in [3.63, 3.8) is 0 Å². The van der Waals surface area contributed by atoms with Gasteiger partial charge in [-0.15, -0.1) is 0 Å². The number of carbonyl (C=O) groups is 1. The Morgan fingerprint density at radius 1 is 1.29 bits per heavy atom. The van der Waals surface area contributed by atoms with E-state index >= 15 is 0 Å². The van der Waals surface area contributed by atoms with Gasteiger partial charge in [-0.05, 0) is 18.2 Å². The predicted molar refractivity (Wildman–Crippen MR) is 84.6 cm³/mol. The minimum Gasteiger partial charge on any atom is -0.480 e. The molecule has 9 nitrogen and oxygen atoms in total. The van der Waals surface area contributed by atoms with E-state index in [0.717, 1.165) is 0 Å². The van der Waals surface area contributed by atoms with E-state index in [-0.39, 0.29) is 34.5 Å². The van der Waals surface area contributed by atoms with E-state index < -0.39 is 10.0 Å². The number of primary sulfonamides is 1. The van der Waals surface area contributed by atoms with Gasteiger partial charge in [-0.2, -0.15) is 15.0 Å². The summed E-state index contributed by atoms with van der Waals surface area (Å²) in [5.74, 6) is 0.0656. The Morgan fingerprint density at radius 2 is 2.08 bits per heavy atom. The normalized spacial score (nSPS) is 13.5. The second-order valence-electron chi connectivity index (χ2n) is 4.91. The number of nitrogens with zero attached hydrogens (tertiary/aromatic N) is 3. The number of carbonyl (C=O) groups excluding carboxylic acids is 1. The van der Waals surface area contributed by atoms with Crippen molar-refractivity contribution < 1.29 is 17.9 Å². The van der Waals surface area contributed by atoms with Crippen LogP contribution in [0.3, 0.4) is 0 Å². The molecule has 2 heterocycles. The van der Waals surface area contributed by atoms with Crippen LogP contribution in [0.25, 0.3) is 6.08 Å². The lowest BCUT2D eigenvalue weighted by atomic mass is 10.2. The van der Waals surface area contributed by atoms with Crippen LogP contribution < -0.4 is 25.9 Å².